The first kappa shape index (κ1) is 13.5. The van der Waals surface area contributed by atoms with Crippen LogP contribution in [0.1, 0.15) is 0 Å². The smallest absolute Gasteiger partial charge is 0.388 e. The van der Waals surface area contributed by atoms with Crippen LogP contribution in [0.4, 0.5) is 5.69 Å². The molecule has 0 radical (unpaired) electrons. The molecule has 4 nitrogen and oxygen atoms in total. The third-order valence-corrected chi connectivity index (χ3v) is 2.94. The fourth-order valence-electron chi connectivity index (χ4n) is 1.46. The summed E-state index contributed by atoms with van der Waals surface area (Å²) in [5.74, 6) is 1.60. The fourth-order valence-corrected chi connectivity index (χ4v) is 2.02. The maximum atomic E-state index is 8.68. The van der Waals surface area contributed by atoms with Crippen LogP contribution in [-0.2, 0) is 0 Å². The normalized spacial score (nSPS) is 9.79. The molecule has 0 heterocycles. The second-order valence-electron chi connectivity index (χ2n) is 3.62. The summed E-state index contributed by atoms with van der Waals surface area (Å²) in [6.45, 7) is 0. The van der Waals surface area contributed by atoms with Crippen LogP contribution < -0.4 is 9.47 Å². The number of ether oxygens (including phenoxy) is 2. The van der Waals surface area contributed by atoms with Gasteiger partial charge in [-0.1, -0.05) is 23.2 Å². The van der Waals surface area contributed by atoms with E-state index in [4.69, 9.17) is 38.1 Å². The molecule has 0 aliphatic carbocycles. The van der Waals surface area contributed by atoms with E-state index in [0.29, 0.717) is 11.5 Å². The van der Waals surface area contributed by atoms with Crippen molar-refractivity contribution in [1.29, 1.82) is 5.39 Å². The summed E-state index contributed by atoms with van der Waals surface area (Å²) in [6, 6.07) is 9.88. The van der Waals surface area contributed by atoms with E-state index in [1.54, 1.807) is 31.4 Å². The van der Waals surface area contributed by atoms with Crippen LogP contribution >= 0.6 is 23.2 Å². The first-order valence-electron chi connectivity index (χ1n) is 5.30. The molecule has 2 aromatic rings. The van der Waals surface area contributed by atoms with Gasteiger partial charge in [0.25, 0.3) is 0 Å². The first-order chi connectivity index (χ1) is 9.13. The van der Waals surface area contributed by atoms with Gasteiger partial charge in [0.15, 0.2) is 10.7 Å². The maximum Gasteiger partial charge on any atom is 0.388 e. The molecule has 0 amide bonds. The Hall–Kier alpha value is -1.96. The third-order valence-electron chi connectivity index (χ3n) is 2.38. The minimum Gasteiger partial charge on any atom is -0.497 e. The highest BCUT2D eigenvalue weighted by Gasteiger charge is 2.16. The Bertz CT molecular complexity index is 613. The Morgan fingerprint density at radius 2 is 1.53 bits per heavy atom. The molecule has 0 saturated heterocycles. The highest BCUT2D eigenvalue weighted by atomic mass is 35.5. The third kappa shape index (κ3) is 3.08. The summed E-state index contributed by atoms with van der Waals surface area (Å²) < 4.78 is 10.6. The number of benzene rings is 2. The van der Waals surface area contributed by atoms with Crippen molar-refractivity contribution < 1.29 is 9.47 Å². The van der Waals surface area contributed by atoms with Gasteiger partial charge in [0.2, 0.25) is 5.39 Å². The fraction of sp³-hybridized carbons (Fsp3) is 0.0769. The monoisotopic (exact) mass is 295 g/mol. The van der Waals surface area contributed by atoms with Crippen LogP contribution in [0.2, 0.25) is 10.0 Å². The van der Waals surface area contributed by atoms with E-state index in [9.17, 15) is 0 Å². The molecule has 0 fully saturated rings. The van der Waals surface area contributed by atoms with E-state index in [1.165, 1.54) is 12.1 Å². The molecule has 6 heteroatoms. The highest BCUT2D eigenvalue weighted by Crippen LogP contribution is 2.39. The number of rotatable bonds is 3. The van der Waals surface area contributed by atoms with Crippen molar-refractivity contribution in [3.8, 4) is 17.2 Å². The van der Waals surface area contributed by atoms with Gasteiger partial charge >= 0.3 is 5.69 Å². The first-order valence-corrected chi connectivity index (χ1v) is 6.05. The highest BCUT2D eigenvalue weighted by molar-refractivity contribution is 6.37. The van der Waals surface area contributed by atoms with Crippen molar-refractivity contribution >= 4 is 28.9 Å². The van der Waals surface area contributed by atoms with Crippen molar-refractivity contribution in [3.05, 3.63) is 51.4 Å². The van der Waals surface area contributed by atoms with Gasteiger partial charge < -0.3 is 9.47 Å². The molecule has 2 rings (SSSR count). The Morgan fingerprint density at radius 3 is 2.00 bits per heavy atom. The van der Waals surface area contributed by atoms with Crippen molar-refractivity contribution in [3.63, 3.8) is 0 Å². The molecule has 0 unspecified atom stereocenters. The summed E-state index contributed by atoms with van der Waals surface area (Å²) in [6.07, 6.45) is 0. The number of hydrogen-bond acceptors (Lipinski definition) is 3. The lowest BCUT2D eigenvalue weighted by atomic mass is 10.3. The maximum absolute atomic E-state index is 8.68. The Morgan fingerprint density at radius 1 is 1.00 bits per heavy atom. The van der Waals surface area contributed by atoms with Crippen molar-refractivity contribution in [1.82, 2.24) is 0 Å². The van der Waals surface area contributed by atoms with Crippen LogP contribution in [0.5, 0.6) is 17.2 Å². The molecule has 0 spiro atoms. The Balaban J connectivity index is 2.30. The van der Waals surface area contributed by atoms with Crippen molar-refractivity contribution in [2.45, 2.75) is 0 Å². The van der Waals surface area contributed by atoms with Gasteiger partial charge in [-0.25, -0.2) is 0 Å². The van der Waals surface area contributed by atoms with Gasteiger partial charge in [-0.3, -0.25) is 0 Å². The predicted molar refractivity (Wildman–Crippen MR) is 74.3 cm³/mol. The second-order valence-corrected chi connectivity index (χ2v) is 4.43. The van der Waals surface area contributed by atoms with Crippen LogP contribution in [0.15, 0.2) is 36.4 Å². The number of methoxy groups -OCH3 is 1. The molecule has 0 atom stereocenters. The summed E-state index contributed by atoms with van der Waals surface area (Å²) >= 11 is 12.0. The average Bonchev–Trinajstić information content (AvgIpc) is 2.43. The van der Waals surface area contributed by atoms with E-state index in [0.717, 1.165) is 5.75 Å². The summed E-state index contributed by atoms with van der Waals surface area (Å²) in [5.41, 5.74) is 0.261. The quantitative estimate of drug-likeness (QED) is 0.724. The van der Waals surface area contributed by atoms with Crippen molar-refractivity contribution in [2.75, 3.05) is 7.11 Å². The molecular weight excluding hydrogens is 287 g/mol. The molecule has 0 aromatic heterocycles. The zero-order chi connectivity index (χ0) is 13.8. The zero-order valence-corrected chi connectivity index (χ0v) is 11.4. The molecule has 0 N–H and O–H groups in total. The Kier molecular flexibility index (Phi) is 4.10. The van der Waals surface area contributed by atoms with E-state index < -0.39 is 0 Å². The van der Waals surface area contributed by atoms with Crippen molar-refractivity contribution in [2.24, 2.45) is 0 Å². The summed E-state index contributed by atoms with van der Waals surface area (Å²) in [7, 11) is 1.58. The standard InChI is InChI=1S/C13H9Cl2N2O2/c1-18-9-2-4-10(5-3-9)19-13-11(14)6-8(17-16)7-12(13)15/h2-7H,1H3/q+1. The minimum absolute atomic E-state index is 0.260. The number of halogens is 2. The predicted octanol–water partition coefficient (Wildman–Crippen LogP) is 5.28. The minimum atomic E-state index is 0.260. The lowest BCUT2D eigenvalue weighted by Crippen LogP contribution is -1.87. The average molecular weight is 296 g/mol. The lowest BCUT2D eigenvalue weighted by molar-refractivity contribution is 0.413. The van der Waals surface area contributed by atoms with Gasteiger partial charge in [-0.15, -0.1) is 0 Å². The van der Waals surface area contributed by atoms with Crippen LogP contribution in [0, 0.1) is 5.39 Å². The molecule has 2 aromatic carbocycles. The van der Waals surface area contributed by atoms with E-state index >= 15 is 0 Å². The number of hydrogen-bond donors (Lipinski definition) is 0. The van der Waals surface area contributed by atoms with E-state index in [-0.39, 0.29) is 15.7 Å². The summed E-state index contributed by atoms with van der Waals surface area (Å²) in [5, 5.41) is 9.20. The number of nitrogens with zero attached hydrogens (tertiary/aromatic N) is 2. The largest absolute Gasteiger partial charge is 0.497 e. The lowest BCUT2D eigenvalue weighted by Gasteiger charge is -2.09. The zero-order valence-electron chi connectivity index (χ0n) is 9.93. The van der Waals surface area contributed by atoms with E-state index in [1.807, 2.05) is 0 Å². The second kappa shape index (κ2) is 5.79. The van der Waals surface area contributed by atoms with Gasteiger partial charge in [-0.05, 0) is 24.3 Å². The SMILES string of the molecule is COc1ccc(Oc2c(Cl)cc([N+]#N)cc2Cl)cc1. The molecule has 0 aliphatic rings. The van der Waals surface area contributed by atoms with Gasteiger partial charge in [-0.2, -0.15) is 0 Å². The topological polar surface area (TPSA) is 46.6 Å². The Labute approximate surface area is 120 Å². The molecule has 0 bridgehead atoms. The van der Waals surface area contributed by atoms with Crippen LogP contribution in [0.25, 0.3) is 4.98 Å². The van der Waals surface area contributed by atoms with E-state index in [2.05, 4.69) is 4.98 Å². The van der Waals surface area contributed by atoms with Gasteiger partial charge in [0.05, 0.1) is 29.3 Å². The van der Waals surface area contributed by atoms with Crippen LogP contribution in [0.3, 0.4) is 0 Å². The number of diazo groups is 1. The molecule has 0 aliphatic heterocycles. The molecular formula is C13H9Cl2N2O2+. The van der Waals surface area contributed by atoms with Gasteiger partial charge in [0.1, 0.15) is 11.5 Å². The molecule has 96 valence electrons. The van der Waals surface area contributed by atoms with Crippen LogP contribution in [-0.4, -0.2) is 7.11 Å². The molecule has 0 saturated carbocycles. The molecule has 19 heavy (non-hydrogen) atoms. The summed E-state index contributed by atoms with van der Waals surface area (Å²) in [4.78, 5) is 3.02. The van der Waals surface area contributed by atoms with Gasteiger partial charge in [0, 0.05) is 0 Å².